The number of hydrogen-bond donors (Lipinski definition) is 2. The van der Waals surface area contributed by atoms with Crippen LogP contribution in [-0.4, -0.2) is 19.5 Å². The zero-order chi connectivity index (χ0) is 20.9. The number of hydrogen-bond acceptors (Lipinski definition) is 3. The number of carboxylic acid groups (broad SMARTS) is 1. The molecular weight excluding hydrogens is 393 g/mol. The van der Waals surface area contributed by atoms with Gasteiger partial charge in [-0.1, -0.05) is 30.3 Å². The molecule has 0 heterocycles. The molecule has 0 fully saturated rings. The lowest BCUT2D eigenvalue weighted by molar-refractivity contribution is 0.0697. The van der Waals surface area contributed by atoms with Crippen molar-refractivity contribution < 1.29 is 22.7 Å². The van der Waals surface area contributed by atoms with Crippen LogP contribution >= 0.6 is 0 Å². The molecule has 0 amide bonds. The molecule has 7 heteroatoms. The minimum absolute atomic E-state index is 0.00720. The third kappa shape index (κ3) is 5.42. The van der Waals surface area contributed by atoms with Crippen LogP contribution in [0.2, 0.25) is 0 Å². The maximum atomic E-state index is 13.1. The van der Waals surface area contributed by atoms with Crippen molar-refractivity contribution in [3.8, 4) is 0 Å². The lowest BCUT2D eigenvalue weighted by Crippen LogP contribution is -2.14. The number of sulfonamides is 1. The highest BCUT2D eigenvalue weighted by molar-refractivity contribution is 7.92. The normalized spacial score (nSPS) is 11.2. The Morgan fingerprint density at radius 1 is 0.897 bits per heavy atom. The van der Waals surface area contributed by atoms with Crippen molar-refractivity contribution in [3.05, 3.63) is 95.3 Å². The zero-order valence-electron chi connectivity index (χ0n) is 15.5. The van der Waals surface area contributed by atoms with Crippen LogP contribution in [0, 0.1) is 5.82 Å². The van der Waals surface area contributed by atoms with Gasteiger partial charge in [-0.05, 0) is 72.9 Å². The number of anilines is 1. The van der Waals surface area contributed by atoms with E-state index in [4.69, 9.17) is 5.11 Å². The van der Waals surface area contributed by atoms with E-state index in [0.717, 1.165) is 36.1 Å². The predicted molar refractivity (Wildman–Crippen MR) is 109 cm³/mol. The molecule has 0 bridgehead atoms. The van der Waals surface area contributed by atoms with Gasteiger partial charge in [0.2, 0.25) is 0 Å². The summed E-state index contributed by atoms with van der Waals surface area (Å²) in [7, 11) is -3.81. The quantitative estimate of drug-likeness (QED) is 0.570. The van der Waals surface area contributed by atoms with E-state index in [-0.39, 0.29) is 10.5 Å². The fourth-order valence-corrected chi connectivity index (χ4v) is 4.05. The van der Waals surface area contributed by atoms with Crippen molar-refractivity contribution in [1.82, 2.24) is 0 Å². The second-order valence-corrected chi connectivity index (χ2v) is 8.25. The number of rotatable bonds is 8. The number of benzene rings is 3. The predicted octanol–water partition coefficient (Wildman–Crippen LogP) is 4.50. The molecule has 0 saturated carbocycles. The van der Waals surface area contributed by atoms with Crippen molar-refractivity contribution in [3.63, 3.8) is 0 Å². The van der Waals surface area contributed by atoms with Crippen molar-refractivity contribution in [2.24, 2.45) is 0 Å². The maximum absolute atomic E-state index is 13.1. The lowest BCUT2D eigenvalue weighted by Gasteiger charge is -2.13. The third-order valence-electron chi connectivity index (χ3n) is 4.50. The Morgan fingerprint density at radius 3 is 2.21 bits per heavy atom. The summed E-state index contributed by atoms with van der Waals surface area (Å²) in [5.41, 5.74) is 2.59. The molecule has 2 N–H and O–H groups in total. The molecule has 0 aliphatic rings. The SMILES string of the molecule is O=C(O)c1ccc(CCCc2ccccc2NS(=O)(=O)c2ccc(F)cc2)cc1. The van der Waals surface area contributed by atoms with Gasteiger partial charge >= 0.3 is 5.97 Å². The molecule has 5 nitrogen and oxygen atoms in total. The summed E-state index contributed by atoms with van der Waals surface area (Å²) < 4.78 is 40.8. The number of para-hydroxylation sites is 1. The Hall–Kier alpha value is -3.19. The molecule has 29 heavy (non-hydrogen) atoms. The first kappa shape index (κ1) is 20.5. The molecule has 0 unspecified atom stereocenters. The van der Waals surface area contributed by atoms with Gasteiger partial charge in [0.05, 0.1) is 16.1 Å². The number of nitrogens with one attached hydrogen (secondary N) is 1. The summed E-state index contributed by atoms with van der Waals surface area (Å²) in [4.78, 5) is 10.9. The Balaban J connectivity index is 1.67. The van der Waals surface area contributed by atoms with E-state index in [1.54, 1.807) is 36.4 Å². The Morgan fingerprint density at radius 2 is 1.55 bits per heavy atom. The summed E-state index contributed by atoms with van der Waals surface area (Å²) in [5.74, 6) is -1.46. The molecule has 3 aromatic carbocycles. The monoisotopic (exact) mass is 413 g/mol. The summed E-state index contributed by atoms with van der Waals surface area (Å²) >= 11 is 0. The Labute approximate surface area is 168 Å². The number of halogens is 1. The molecule has 0 aliphatic carbocycles. The molecule has 0 atom stereocenters. The van der Waals surface area contributed by atoms with E-state index in [1.807, 2.05) is 12.1 Å². The molecule has 3 aromatic rings. The van der Waals surface area contributed by atoms with E-state index in [9.17, 15) is 17.6 Å². The van der Waals surface area contributed by atoms with Crippen molar-refractivity contribution in [2.75, 3.05) is 4.72 Å². The Kier molecular flexibility index (Phi) is 6.29. The topological polar surface area (TPSA) is 83.5 Å². The van der Waals surface area contributed by atoms with Gasteiger partial charge in [-0.2, -0.15) is 0 Å². The minimum Gasteiger partial charge on any atom is -0.478 e. The van der Waals surface area contributed by atoms with Gasteiger partial charge in [0.15, 0.2) is 0 Å². The molecule has 3 rings (SSSR count). The first-order valence-electron chi connectivity index (χ1n) is 9.04. The third-order valence-corrected chi connectivity index (χ3v) is 5.88. The van der Waals surface area contributed by atoms with Crippen LogP contribution in [0.5, 0.6) is 0 Å². The first-order chi connectivity index (χ1) is 13.8. The summed E-state index contributed by atoms with van der Waals surface area (Å²) in [5, 5.41) is 8.95. The van der Waals surface area contributed by atoms with Gasteiger partial charge in [0, 0.05) is 0 Å². The zero-order valence-corrected chi connectivity index (χ0v) is 16.3. The molecule has 150 valence electrons. The van der Waals surface area contributed by atoms with E-state index >= 15 is 0 Å². The maximum Gasteiger partial charge on any atom is 0.335 e. The van der Waals surface area contributed by atoms with Crippen LogP contribution in [0.15, 0.2) is 77.7 Å². The van der Waals surface area contributed by atoms with Gasteiger partial charge in [-0.3, -0.25) is 4.72 Å². The van der Waals surface area contributed by atoms with Crippen LogP contribution in [0.1, 0.15) is 27.9 Å². The smallest absolute Gasteiger partial charge is 0.335 e. The van der Waals surface area contributed by atoms with E-state index in [0.29, 0.717) is 12.1 Å². The number of carboxylic acids is 1. The fourth-order valence-electron chi connectivity index (χ4n) is 2.95. The average molecular weight is 413 g/mol. The largest absolute Gasteiger partial charge is 0.478 e. The van der Waals surface area contributed by atoms with Crippen LogP contribution in [0.4, 0.5) is 10.1 Å². The van der Waals surface area contributed by atoms with Crippen molar-refractivity contribution in [1.29, 1.82) is 0 Å². The Bertz CT molecular complexity index is 1090. The molecule has 0 aliphatic heterocycles. The highest BCUT2D eigenvalue weighted by Gasteiger charge is 2.16. The van der Waals surface area contributed by atoms with Gasteiger partial charge in [-0.15, -0.1) is 0 Å². The van der Waals surface area contributed by atoms with Crippen molar-refractivity contribution in [2.45, 2.75) is 24.2 Å². The second-order valence-electron chi connectivity index (χ2n) is 6.57. The van der Waals surface area contributed by atoms with Gasteiger partial charge < -0.3 is 5.11 Å². The van der Waals surface area contributed by atoms with E-state index in [1.165, 1.54) is 12.1 Å². The molecular formula is C22H20FNO4S. The highest BCUT2D eigenvalue weighted by Crippen LogP contribution is 2.22. The average Bonchev–Trinajstić information content (AvgIpc) is 2.70. The summed E-state index contributed by atoms with van der Waals surface area (Å²) in [6, 6.07) is 18.5. The first-order valence-corrected chi connectivity index (χ1v) is 10.5. The second kappa shape index (κ2) is 8.87. The molecule has 0 saturated heterocycles. The molecule has 0 aromatic heterocycles. The summed E-state index contributed by atoms with van der Waals surface area (Å²) in [6.07, 6.45) is 2.14. The van der Waals surface area contributed by atoms with E-state index in [2.05, 4.69) is 4.72 Å². The number of aromatic carboxylic acids is 1. The summed E-state index contributed by atoms with van der Waals surface area (Å²) in [6.45, 7) is 0. The lowest BCUT2D eigenvalue weighted by atomic mass is 10.0. The van der Waals surface area contributed by atoms with Crippen LogP contribution in [-0.2, 0) is 22.9 Å². The van der Waals surface area contributed by atoms with Gasteiger partial charge in [0.1, 0.15) is 5.82 Å². The minimum atomic E-state index is -3.81. The van der Waals surface area contributed by atoms with Crippen LogP contribution < -0.4 is 4.72 Å². The van der Waals surface area contributed by atoms with Gasteiger partial charge in [-0.25, -0.2) is 17.6 Å². The standard InChI is InChI=1S/C22H20FNO4S/c23-19-12-14-20(15-13-19)29(27,28)24-21-7-2-1-5-17(21)6-3-4-16-8-10-18(11-9-16)22(25)26/h1-2,5,7-15,24H,3-4,6H2,(H,25,26). The van der Waals surface area contributed by atoms with Gasteiger partial charge in [0.25, 0.3) is 10.0 Å². The molecule has 0 radical (unpaired) electrons. The van der Waals surface area contributed by atoms with E-state index < -0.39 is 21.8 Å². The number of carbonyl (C=O) groups is 1. The van der Waals surface area contributed by atoms with Crippen molar-refractivity contribution >= 4 is 21.7 Å². The molecule has 0 spiro atoms. The van der Waals surface area contributed by atoms with Crippen LogP contribution in [0.3, 0.4) is 0 Å². The highest BCUT2D eigenvalue weighted by atomic mass is 32.2. The van der Waals surface area contributed by atoms with Crippen LogP contribution in [0.25, 0.3) is 0 Å². The number of aryl methyl sites for hydroxylation is 2. The fraction of sp³-hybridized carbons (Fsp3) is 0.136.